The molecule has 0 bridgehead atoms. The monoisotopic (exact) mass is 363 g/mol. The molecule has 2 aromatic heterocycles. The van der Waals surface area contributed by atoms with Gasteiger partial charge in [-0.15, -0.1) is 10.2 Å². The molecular formula is C20H25N7. The number of aryl methyl sites for hydroxylation is 1. The van der Waals surface area contributed by atoms with Crippen molar-refractivity contribution >= 4 is 5.95 Å². The Morgan fingerprint density at radius 2 is 2.11 bits per heavy atom. The Morgan fingerprint density at radius 1 is 1.22 bits per heavy atom. The van der Waals surface area contributed by atoms with Gasteiger partial charge in [0.15, 0.2) is 0 Å². The molecule has 7 nitrogen and oxygen atoms in total. The summed E-state index contributed by atoms with van der Waals surface area (Å²) in [5.74, 6) is 0.708. The van der Waals surface area contributed by atoms with Gasteiger partial charge in [-0.25, -0.2) is 9.97 Å². The second kappa shape index (κ2) is 7.44. The van der Waals surface area contributed by atoms with Gasteiger partial charge in [0, 0.05) is 48.8 Å². The van der Waals surface area contributed by atoms with Crippen LogP contribution in [0.25, 0.3) is 16.9 Å². The fourth-order valence-electron chi connectivity index (χ4n) is 3.59. The summed E-state index contributed by atoms with van der Waals surface area (Å²) in [5, 5.41) is 12.4. The predicted molar refractivity (Wildman–Crippen MR) is 106 cm³/mol. The smallest absolute Gasteiger partial charge is 0.245 e. The number of hydrogen-bond donors (Lipinski definition) is 1. The van der Waals surface area contributed by atoms with Gasteiger partial charge in [-0.1, -0.05) is 19.9 Å². The highest BCUT2D eigenvalue weighted by atomic mass is 15.3. The summed E-state index contributed by atoms with van der Waals surface area (Å²) in [4.78, 5) is 10.9. The van der Waals surface area contributed by atoms with Crippen LogP contribution in [0.5, 0.6) is 0 Å². The molecule has 1 aliphatic heterocycles. The van der Waals surface area contributed by atoms with Crippen LogP contribution >= 0.6 is 0 Å². The molecule has 0 saturated carbocycles. The quantitative estimate of drug-likeness (QED) is 0.751. The normalized spacial score (nSPS) is 17.0. The molecule has 0 spiro atoms. The van der Waals surface area contributed by atoms with E-state index in [0.717, 1.165) is 42.0 Å². The number of imidazole rings is 1. The lowest BCUT2D eigenvalue weighted by Crippen LogP contribution is -2.37. The van der Waals surface area contributed by atoms with Crippen LogP contribution in [0.1, 0.15) is 25.8 Å². The van der Waals surface area contributed by atoms with E-state index in [2.05, 4.69) is 69.4 Å². The van der Waals surface area contributed by atoms with Gasteiger partial charge >= 0.3 is 0 Å². The summed E-state index contributed by atoms with van der Waals surface area (Å²) >= 11 is 0. The Labute approximate surface area is 159 Å². The summed E-state index contributed by atoms with van der Waals surface area (Å²) in [6.07, 6.45) is 8.43. The Kier molecular flexibility index (Phi) is 4.85. The summed E-state index contributed by atoms with van der Waals surface area (Å²) < 4.78 is 1.98. The first kappa shape index (κ1) is 17.6. The Bertz CT molecular complexity index is 887. The van der Waals surface area contributed by atoms with Crippen molar-refractivity contribution < 1.29 is 0 Å². The van der Waals surface area contributed by atoms with Crippen LogP contribution in [-0.4, -0.2) is 49.9 Å². The molecule has 7 heteroatoms. The van der Waals surface area contributed by atoms with E-state index in [1.165, 1.54) is 0 Å². The van der Waals surface area contributed by atoms with E-state index < -0.39 is 0 Å². The van der Waals surface area contributed by atoms with Gasteiger partial charge in [0.05, 0.1) is 12.5 Å². The van der Waals surface area contributed by atoms with Crippen LogP contribution < -0.4 is 10.2 Å². The maximum Gasteiger partial charge on any atom is 0.245 e. The van der Waals surface area contributed by atoms with Crippen molar-refractivity contribution in [1.29, 1.82) is 0 Å². The minimum atomic E-state index is 0.490. The van der Waals surface area contributed by atoms with Crippen molar-refractivity contribution in [1.82, 2.24) is 30.0 Å². The Hall–Kier alpha value is -2.80. The van der Waals surface area contributed by atoms with Crippen LogP contribution in [0.2, 0.25) is 0 Å². The molecule has 4 rings (SSSR count). The highest BCUT2D eigenvalue weighted by molar-refractivity contribution is 5.64. The molecule has 3 heterocycles. The number of benzene rings is 1. The molecule has 0 aliphatic carbocycles. The number of rotatable bonds is 5. The third kappa shape index (κ3) is 3.83. The van der Waals surface area contributed by atoms with E-state index in [4.69, 9.17) is 0 Å². The molecule has 1 atom stereocenters. The van der Waals surface area contributed by atoms with Gasteiger partial charge in [0.2, 0.25) is 5.95 Å². The molecule has 27 heavy (non-hydrogen) atoms. The van der Waals surface area contributed by atoms with E-state index in [1.54, 1.807) is 12.5 Å². The molecule has 1 saturated heterocycles. The zero-order chi connectivity index (χ0) is 18.8. The van der Waals surface area contributed by atoms with Crippen molar-refractivity contribution in [3.05, 3.63) is 48.7 Å². The van der Waals surface area contributed by atoms with Crippen LogP contribution in [0, 0.1) is 6.92 Å². The fourth-order valence-corrected chi connectivity index (χ4v) is 3.59. The van der Waals surface area contributed by atoms with E-state index in [1.807, 2.05) is 17.0 Å². The zero-order valence-electron chi connectivity index (χ0n) is 16.0. The van der Waals surface area contributed by atoms with Crippen LogP contribution in [0.4, 0.5) is 5.95 Å². The standard InChI is InChI=1S/C20H25N7/c1-14(2)23-16-6-8-26(12-16)20-22-11-19(24-25-20)18-5-4-17(10-15(18)3)27-9-7-21-13-27/h4-5,7,9-11,13-14,16,23H,6,8,12H2,1-3H3. The molecule has 0 radical (unpaired) electrons. The van der Waals surface area contributed by atoms with Gasteiger partial charge in [-0.05, 0) is 31.0 Å². The summed E-state index contributed by atoms with van der Waals surface area (Å²) in [7, 11) is 0. The van der Waals surface area contributed by atoms with E-state index in [9.17, 15) is 0 Å². The largest absolute Gasteiger partial charge is 0.338 e. The lowest BCUT2D eigenvalue weighted by Gasteiger charge is -2.18. The van der Waals surface area contributed by atoms with Crippen LogP contribution in [-0.2, 0) is 0 Å². The van der Waals surface area contributed by atoms with Crippen molar-refractivity contribution in [3.63, 3.8) is 0 Å². The first-order valence-corrected chi connectivity index (χ1v) is 9.40. The molecule has 1 unspecified atom stereocenters. The first-order valence-electron chi connectivity index (χ1n) is 9.40. The summed E-state index contributed by atoms with van der Waals surface area (Å²) in [6, 6.07) is 7.22. The van der Waals surface area contributed by atoms with Crippen molar-refractivity contribution in [2.45, 2.75) is 39.3 Å². The minimum Gasteiger partial charge on any atom is -0.338 e. The maximum atomic E-state index is 4.57. The SMILES string of the molecule is Cc1cc(-n2ccnc2)ccc1-c1cnc(N2CCC(NC(C)C)C2)nn1. The molecule has 1 aromatic carbocycles. The van der Waals surface area contributed by atoms with Crippen molar-refractivity contribution in [2.75, 3.05) is 18.0 Å². The fraction of sp³-hybridized carbons (Fsp3) is 0.400. The molecule has 1 aliphatic rings. The Morgan fingerprint density at radius 3 is 2.78 bits per heavy atom. The summed E-state index contributed by atoms with van der Waals surface area (Å²) in [5.41, 5.74) is 4.05. The van der Waals surface area contributed by atoms with Gasteiger partial charge in [-0.3, -0.25) is 0 Å². The molecular weight excluding hydrogens is 338 g/mol. The van der Waals surface area contributed by atoms with E-state index >= 15 is 0 Å². The van der Waals surface area contributed by atoms with E-state index in [-0.39, 0.29) is 0 Å². The lowest BCUT2D eigenvalue weighted by atomic mass is 10.1. The average Bonchev–Trinajstić information content (AvgIpc) is 3.33. The summed E-state index contributed by atoms with van der Waals surface area (Å²) in [6.45, 7) is 8.32. The number of anilines is 1. The number of nitrogens with zero attached hydrogens (tertiary/aromatic N) is 6. The van der Waals surface area contributed by atoms with Crippen LogP contribution in [0.15, 0.2) is 43.1 Å². The molecule has 1 N–H and O–H groups in total. The second-order valence-electron chi connectivity index (χ2n) is 7.37. The minimum absolute atomic E-state index is 0.490. The molecule has 0 amide bonds. The molecule has 140 valence electrons. The molecule has 3 aromatic rings. The van der Waals surface area contributed by atoms with E-state index in [0.29, 0.717) is 18.0 Å². The lowest BCUT2D eigenvalue weighted by molar-refractivity contribution is 0.491. The highest BCUT2D eigenvalue weighted by Crippen LogP contribution is 2.24. The third-order valence-electron chi connectivity index (χ3n) is 4.88. The number of aromatic nitrogens is 5. The third-order valence-corrected chi connectivity index (χ3v) is 4.88. The topological polar surface area (TPSA) is 71.8 Å². The second-order valence-corrected chi connectivity index (χ2v) is 7.37. The Balaban J connectivity index is 1.49. The first-order chi connectivity index (χ1) is 13.1. The van der Waals surface area contributed by atoms with Crippen molar-refractivity contribution in [2.24, 2.45) is 0 Å². The maximum absolute atomic E-state index is 4.57. The number of nitrogens with one attached hydrogen (secondary N) is 1. The van der Waals surface area contributed by atoms with Crippen molar-refractivity contribution in [3.8, 4) is 16.9 Å². The number of hydrogen-bond acceptors (Lipinski definition) is 6. The predicted octanol–water partition coefficient (Wildman–Crippen LogP) is 2.61. The highest BCUT2D eigenvalue weighted by Gasteiger charge is 2.24. The average molecular weight is 363 g/mol. The van der Waals surface area contributed by atoms with Gasteiger partial charge < -0.3 is 14.8 Å². The van der Waals surface area contributed by atoms with Gasteiger partial charge in [0.25, 0.3) is 0 Å². The zero-order valence-corrected chi connectivity index (χ0v) is 16.0. The van der Waals surface area contributed by atoms with Gasteiger partial charge in [-0.2, -0.15) is 0 Å². The van der Waals surface area contributed by atoms with Gasteiger partial charge in [0.1, 0.15) is 5.69 Å². The molecule has 1 fully saturated rings. The van der Waals surface area contributed by atoms with Crippen LogP contribution in [0.3, 0.4) is 0 Å².